The van der Waals surface area contributed by atoms with Gasteiger partial charge < -0.3 is 14.6 Å². The third kappa shape index (κ3) is 4.52. The average Bonchev–Trinajstić information content (AvgIpc) is 3.25. The number of amides is 2. The largest absolute Gasteiger partial charge is 0.459 e. The van der Waals surface area contributed by atoms with E-state index in [4.69, 9.17) is 4.42 Å². The van der Waals surface area contributed by atoms with Crippen LogP contribution in [0.1, 0.15) is 55.5 Å². The Balaban J connectivity index is 1.34. The highest BCUT2D eigenvalue weighted by Gasteiger charge is 2.29. The lowest BCUT2D eigenvalue weighted by Crippen LogP contribution is -2.48. The number of likely N-dealkylation sites (tertiary alicyclic amines) is 1. The fourth-order valence-corrected chi connectivity index (χ4v) is 4.39. The number of carbonyl (C=O) groups is 2. The number of furan rings is 1. The number of nitrogens with zero attached hydrogens (tertiary/aromatic N) is 1. The van der Waals surface area contributed by atoms with Gasteiger partial charge in [0.1, 0.15) is 5.82 Å². The fraction of sp³-hybridized carbons (Fsp3) is 0.478. The molecule has 1 aromatic heterocycles. The Kier molecular flexibility index (Phi) is 5.97. The van der Waals surface area contributed by atoms with Crippen LogP contribution in [0.4, 0.5) is 4.39 Å². The standard InChI is InChI=1S/C23H27FN2O3/c24-18-8-6-16(7-9-18)20-12-15-29-21(20)23(28)26-13-10-19(11-14-26)25-22(27)17-4-2-1-3-5-17/h6-9,12,15,17,19H,1-5,10-11,13-14H2,(H,25,27). The van der Waals surface area contributed by atoms with E-state index in [0.717, 1.165) is 44.1 Å². The molecule has 1 aliphatic carbocycles. The number of hydrogen-bond donors (Lipinski definition) is 1. The Morgan fingerprint density at radius 1 is 0.966 bits per heavy atom. The minimum absolute atomic E-state index is 0.127. The summed E-state index contributed by atoms with van der Waals surface area (Å²) in [6, 6.07) is 7.89. The van der Waals surface area contributed by atoms with E-state index < -0.39 is 0 Å². The Labute approximate surface area is 170 Å². The summed E-state index contributed by atoms with van der Waals surface area (Å²) in [5, 5.41) is 3.19. The van der Waals surface area contributed by atoms with Gasteiger partial charge in [-0.2, -0.15) is 0 Å². The molecule has 1 aliphatic heterocycles. The monoisotopic (exact) mass is 398 g/mol. The molecule has 1 saturated carbocycles. The molecular weight excluding hydrogens is 371 g/mol. The fourth-order valence-electron chi connectivity index (χ4n) is 4.39. The van der Waals surface area contributed by atoms with Crippen molar-refractivity contribution in [1.82, 2.24) is 10.2 Å². The number of benzene rings is 1. The second-order valence-corrected chi connectivity index (χ2v) is 8.08. The number of hydrogen-bond acceptors (Lipinski definition) is 3. The van der Waals surface area contributed by atoms with Crippen molar-refractivity contribution in [3.05, 3.63) is 48.2 Å². The maximum absolute atomic E-state index is 13.2. The highest BCUT2D eigenvalue weighted by molar-refractivity contribution is 5.98. The average molecular weight is 398 g/mol. The van der Waals surface area contributed by atoms with Crippen molar-refractivity contribution in [3.8, 4) is 11.1 Å². The molecule has 0 bridgehead atoms. The molecule has 154 valence electrons. The number of nitrogens with one attached hydrogen (secondary N) is 1. The molecule has 1 aromatic carbocycles. The van der Waals surface area contributed by atoms with Crippen LogP contribution >= 0.6 is 0 Å². The molecule has 2 heterocycles. The maximum atomic E-state index is 13.2. The van der Waals surface area contributed by atoms with Crippen LogP contribution in [0.2, 0.25) is 0 Å². The van der Waals surface area contributed by atoms with Gasteiger partial charge in [0.15, 0.2) is 5.76 Å². The van der Waals surface area contributed by atoms with Crippen molar-refractivity contribution in [2.24, 2.45) is 5.92 Å². The van der Waals surface area contributed by atoms with Gasteiger partial charge in [0, 0.05) is 30.6 Å². The van der Waals surface area contributed by atoms with Crippen molar-refractivity contribution >= 4 is 11.8 Å². The Hall–Kier alpha value is -2.63. The van der Waals surface area contributed by atoms with Crippen molar-refractivity contribution in [2.75, 3.05) is 13.1 Å². The first kappa shape index (κ1) is 19.7. The number of halogens is 1. The van der Waals surface area contributed by atoms with E-state index in [-0.39, 0.29) is 35.4 Å². The smallest absolute Gasteiger partial charge is 0.290 e. The molecule has 4 rings (SSSR count). The summed E-state index contributed by atoms with van der Waals surface area (Å²) in [5.41, 5.74) is 1.42. The van der Waals surface area contributed by atoms with Crippen molar-refractivity contribution in [3.63, 3.8) is 0 Å². The van der Waals surface area contributed by atoms with Gasteiger partial charge in [-0.3, -0.25) is 9.59 Å². The van der Waals surface area contributed by atoms with Gasteiger partial charge in [-0.05, 0) is 49.4 Å². The molecule has 2 amide bonds. The predicted octanol–water partition coefficient (Wildman–Crippen LogP) is 4.39. The first-order valence-corrected chi connectivity index (χ1v) is 10.5. The molecule has 0 spiro atoms. The summed E-state index contributed by atoms with van der Waals surface area (Å²) in [4.78, 5) is 27.2. The lowest BCUT2D eigenvalue weighted by molar-refractivity contribution is -0.126. The van der Waals surface area contributed by atoms with Crippen LogP contribution in [0.5, 0.6) is 0 Å². The number of carbonyl (C=O) groups excluding carboxylic acids is 2. The van der Waals surface area contributed by atoms with Gasteiger partial charge >= 0.3 is 0 Å². The van der Waals surface area contributed by atoms with Crippen LogP contribution in [-0.2, 0) is 4.79 Å². The summed E-state index contributed by atoms with van der Waals surface area (Å²) in [6.07, 6.45) is 8.49. The molecule has 0 atom stereocenters. The van der Waals surface area contributed by atoms with Crippen molar-refractivity contribution < 1.29 is 18.4 Å². The van der Waals surface area contributed by atoms with Gasteiger partial charge in [-0.1, -0.05) is 31.4 Å². The van der Waals surface area contributed by atoms with Gasteiger partial charge in [0.25, 0.3) is 5.91 Å². The van der Waals surface area contributed by atoms with Crippen LogP contribution in [0, 0.1) is 11.7 Å². The zero-order valence-electron chi connectivity index (χ0n) is 16.5. The molecule has 0 radical (unpaired) electrons. The van der Waals surface area contributed by atoms with E-state index >= 15 is 0 Å². The van der Waals surface area contributed by atoms with Gasteiger partial charge in [-0.15, -0.1) is 0 Å². The second-order valence-electron chi connectivity index (χ2n) is 8.08. The first-order valence-electron chi connectivity index (χ1n) is 10.5. The lowest BCUT2D eigenvalue weighted by atomic mass is 9.88. The second kappa shape index (κ2) is 8.80. The molecule has 2 aliphatic rings. The predicted molar refractivity (Wildman–Crippen MR) is 108 cm³/mol. The molecule has 0 unspecified atom stereocenters. The zero-order chi connectivity index (χ0) is 20.2. The normalized spacial score (nSPS) is 18.6. The van der Waals surface area contributed by atoms with Gasteiger partial charge in [-0.25, -0.2) is 4.39 Å². The lowest BCUT2D eigenvalue weighted by Gasteiger charge is -2.33. The van der Waals surface area contributed by atoms with Gasteiger partial charge in [0.2, 0.25) is 5.91 Å². The molecule has 6 heteroatoms. The third-order valence-electron chi connectivity index (χ3n) is 6.12. The summed E-state index contributed by atoms with van der Waals surface area (Å²) in [6.45, 7) is 1.16. The quantitative estimate of drug-likeness (QED) is 0.831. The van der Waals surface area contributed by atoms with E-state index in [1.807, 2.05) is 0 Å². The van der Waals surface area contributed by atoms with E-state index in [0.29, 0.717) is 18.7 Å². The molecule has 1 saturated heterocycles. The Morgan fingerprint density at radius 3 is 2.34 bits per heavy atom. The van der Waals surface area contributed by atoms with Gasteiger partial charge in [0.05, 0.1) is 6.26 Å². The zero-order valence-corrected chi connectivity index (χ0v) is 16.5. The minimum atomic E-state index is -0.317. The van der Waals surface area contributed by atoms with E-state index in [9.17, 15) is 14.0 Å². The molecule has 2 aromatic rings. The minimum Gasteiger partial charge on any atom is -0.459 e. The van der Waals surface area contributed by atoms with E-state index in [1.54, 1.807) is 23.1 Å². The summed E-state index contributed by atoms with van der Waals surface area (Å²) < 4.78 is 18.7. The highest BCUT2D eigenvalue weighted by atomic mass is 19.1. The van der Waals surface area contributed by atoms with Crippen molar-refractivity contribution in [1.29, 1.82) is 0 Å². The Bertz CT molecular complexity index is 847. The molecule has 1 N–H and O–H groups in total. The molecule has 29 heavy (non-hydrogen) atoms. The Morgan fingerprint density at radius 2 is 1.66 bits per heavy atom. The first-order chi connectivity index (χ1) is 14.1. The molecule has 5 nitrogen and oxygen atoms in total. The summed E-state index contributed by atoms with van der Waals surface area (Å²) >= 11 is 0. The summed E-state index contributed by atoms with van der Waals surface area (Å²) in [5.74, 6) is 0.138. The number of piperidine rings is 1. The van der Waals surface area contributed by atoms with E-state index in [2.05, 4.69) is 5.32 Å². The van der Waals surface area contributed by atoms with Crippen LogP contribution in [-0.4, -0.2) is 35.8 Å². The van der Waals surface area contributed by atoms with E-state index in [1.165, 1.54) is 24.8 Å². The SMILES string of the molecule is O=C(NC1CCN(C(=O)c2occc2-c2ccc(F)cc2)CC1)C1CCCCC1. The molecular formula is C23H27FN2O3. The number of rotatable bonds is 4. The summed E-state index contributed by atoms with van der Waals surface area (Å²) in [7, 11) is 0. The van der Waals surface area contributed by atoms with Crippen LogP contribution < -0.4 is 5.32 Å². The van der Waals surface area contributed by atoms with Crippen LogP contribution in [0.15, 0.2) is 41.0 Å². The van der Waals surface area contributed by atoms with Crippen molar-refractivity contribution in [2.45, 2.75) is 51.0 Å². The third-order valence-corrected chi connectivity index (χ3v) is 6.12. The topological polar surface area (TPSA) is 62.6 Å². The highest BCUT2D eigenvalue weighted by Crippen LogP contribution is 2.28. The molecule has 2 fully saturated rings. The van der Waals surface area contributed by atoms with Crippen LogP contribution in [0.3, 0.4) is 0 Å². The maximum Gasteiger partial charge on any atom is 0.290 e. The van der Waals surface area contributed by atoms with Crippen LogP contribution in [0.25, 0.3) is 11.1 Å².